The lowest BCUT2D eigenvalue weighted by atomic mass is 10.1. The summed E-state index contributed by atoms with van der Waals surface area (Å²) in [6.07, 6.45) is 1.90. The maximum atomic E-state index is 11.4. The topological polar surface area (TPSA) is 72.8 Å². The highest BCUT2D eigenvalue weighted by Crippen LogP contribution is 2.17. The van der Waals surface area contributed by atoms with Gasteiger partial charge in [-0.15, -0.1) is 11.3 Å². The molecule has 23 heavy (non-hydrogen) atoms. The van der Waals surface area contributed by atoms with Crippen LogP contribution < -0.4 is 10.2 Å². The van der Waals surface area contributed by atoms with E-state index >= 15 is 0 Å². The number of nitrogens with one attached hydrogen (secondary N) is 1. The van der Waals surface area contributed by atoms with Crippen LogP contribution in [0.3, 0.4) is 0 Å². The van der Waals surface area contributed by atoms with E-state index in [1.54, 1.807) is 20.2 Å². The number of benzene rings is 1. The molecule has 1 heterocycles. The summed E-state index contributed by atoms with van der Waals surface area (Å²) >= 11 is 1.39. The second-order valence-electron chi connectivity index (χ2n) is 4.72. The molecule has 0 saturated carbocycles. The largest absolute Gasteiger partial charge is 0.497 e. The highest BCUT2D eigenvalue weighted by Gasteiger charge is 2.07. The molecule has 0 spiro atoms. The average Bonchev–Trinajstić information content (AvgIpc) is 2.96. The Morgan fingerprint density at radius 1 is 1.48 bits per heavy atom. The number of aryl methyl sites for hydroxylation is 1. The lowest BCUT2D eigenvalue weighted by Crippen LogP contribution is -2.07. The maximum Gasteiger partial charge on any atom is 0.311 e. The molecular formula is C16H19N3O3S. The quantitative estimate of drug-likeness (QED) is 0.479. The van der Waals surface area contributed by atoms with Crippen molar-refractivity contribution < 1.29 is 14.3 Å². The summed E-state index contributed by atoms with van der Waals surface area (Å²) in [6, 6.07) is 5.77. The highest BCUT2D eigenvalue weighted by atomic mass is 32.1. The molecule has 0 amide bonds. The van der Waals surface area contributed by atoms with Crippen LogP contribution in [0.25, 0.3) is 0 Å². The smallest absolute Gasteiger partial charge is 0.311 e. The average molecular weight is 333 g/mol. The zero-order valence-corrected chi connectivity index (χ0v) is 14.1. The molecule has 2 aromatic rings. The lowest BCUT2D eigenvalue weighted by Gasteiger charge is -2.03. The predicted octanol–water partition coefficient (Wildman–Crippen LogP) is 3.01. The summed E-state index contributed by atoms with van der Waals surface area (Å²) in [5.41, 5.74) is 5.60. The number of carbonyl (C=O) groups excluding carboxylic acids is 1. The van der Waals surface area contributed by atoms with Gasteiger partial charge in [0.25, 0.3) is 0 Å². The first kappa shape index (κ1) is 17.0. The van der Waals surface area contributed by atoms with E-state index in [4.69, 9.17) is 9.47 Å². The van der Waals surface area contributed by atoms with Gasteiger partial charge in [-0.3, -0.25) is 10.2 Å². The summed E-state index contributed by atoms with van der Waals surface area (Å²) in [5, 5.41) is 6.62. The van der Waals surface area contributed by atoms with Crippen molar-refractivity contribution in [2.45, 2.75) is 20.3 Å². The molecule has 0 radical (unpaired) electrons. The first-order valence-electron chi connectivity index (χ1n) is 7.16. The second kappa shape index (κ2) is 8.28. The lowest BCUT2D eigenvalue weighted by molar-refractivity contribution is -0.142. The van der Waals surface area contributed by atoms with Crippen molar-refractivity contribution in [1.29, 1.82) is 0 Å². The summed E-state index contributed by atoms with van der Waals surface area (Å²) in [5.74, 6) is 0.540. The van der Waals surface area contributed by atoms with Gasteiger partial charge in [-0.1, -0.05) is 0 Å². The number of nitrogens with zero attached hydrogens (tertiary/aromatic N) is 2. The maximum absolute atomic E-state index is 11.4. The van der Waals surface area contributed by atoms with Crippen molar-refractivity contribution in [3.63, 3.8) is 0 Å². The molecule has 0 atom stereocenters. The van der Waals surface area contributed by atoms with Crippen LogP contribution in [0.15, 0.2) is 28.7 Å². The molecule has 122 valence electrons. The molecule has 6 nitrogen and oxygen atoms in total. The van der Waals surface area contributed by atoms with E-state index < -0.39 is 0 Å². The van der Waals surface area contributed by atoms with Gasteiger partial charge >= 0.3 is 5.97 Å². The number of methoxy groups -OCH3 is 1. The molecule has 0 saturated heterocycles. The summed E-state index contributed by atoms with van der Waals surface area (Å²) < 4.78 is 10.1. The SMILES string of the molecule is CCOC(=O)Cc1csc(NN=Cc2ccc(OC)cc2C)n1. The molecule has 1 aromatic heterocycles. The van der Waals surface area contributed by atoms with Gasteiger partial charge in [-0.2, -0.15) is 5.10 Å². The number of ether oxygens (including phenoxy) is 2. The van der Waals surface area contributed by atoms with Gasteiger partial charge in [0.15, 0.2) is 0 Å². The fraction of sp³-hybridized carbons (Fsp3) is 0.312. The Balaban J connectivity index is 1.93. The number of hydrogen-bond acceptors (Lipinski definition) is 7. The van der Waals surface area contributed by atoms with Crippen LogP contribution >= 0.6 is 11.3 Å². The summed E-state index contributed by atoms with van der Waals surface area (Å²) in [6.45, 7) is 4.14. The van der Waals surface area contributed by atoms with E-state index in [2.05, 4.69) is 15.5 Å². The normalized spacial score (nSPS) is 10.7. The Bertz CT molecular complexity index is 698. The number of aromatic nitrogens is 1. The standard InChI is InChI=1S/C16H19N3O3S/c1-4-22-15(20)8-13-10-23-16(18-13)19-17-9-12-5-6-14(21-3)7-11(12)2/h5-7,9-10H,4,8H2,1-3H3,(H,18,19). The predicted molar refractivity (Wildman–Crippen MR) is 91.4 cm³/mol. The molecule has 7 heteroatoms. The van der Waals surface area contributed by atoms with E-state index in [9.17, 15) is 4.79 Å². The van der Waals surface area contributed by atoms with Crippen LogP contribution in [0.1, 0.15) is 23.7 Å². The third-order valence-electron chi connectivity index (χ3n) is 3.02. The monoisotopic (exact) mass is 333 g/mol. The summed E-state index contributed by atoms with van der Waals surface area (Å²) in [4.78, 5) is 15.7. The molecule has 2 rings (SSSR count). The van der Waals surface area contributed by atoms with E-state index in [0.717, 1.165) is 16.9 Å². The van der Waals surface area contributed by atoms with Gasteiger partial charge in [-0.05, 0) is 43.2 Å². The second-order valence-corrected chi connectivity index (χ2v) is 5.58. The highest BCUT2D eigenvalue weighted by molar-refractivity contribution is 7.13. The van der Waals surface area contributed by atoms with Gasteiger partial charge in [0.2, 0.25) is 5.13 Å². The van der Waals surface area contributed by atoms with Gasteiger partial charge in [0.05, 0.1) is 32.0 Å². The first-order chi connectivity index (χ1) is 11.1. The van der Waals surface area contributed by atoms with Gasteiger partial charge in [0, 0.05) is 5.38 Å². The van der Waals surface area contributed by atoms with Crippen LogP contribution in [0.4, 0.5) is 5.13 Å². The number of carbonyl (C=O) groups is 1. The molecule has 1 aromatic carbocycles. The van der Waals surface area contributed by atoms with E-state index in [1.165, 1.54) is 11.3 Å². The van der Waals surface area contributed by atoms with Crippen molar-refractivity contribution in [3.05, 3.63) is 40.4 Å². The number of anilines is 1. The fourth-order valence-electron chi connectivity index (χ4n) is 1.88. The molecule has 0 fully saturated rings. The van der Waals surface area contributed by atoms with Crippen molar-refractivity contribution in [1.82, 2.24) is 4.98 Å². The fourth-order valence-corrected chi connectivity index (χ4v) is 2.54. The number of rotatable bonds is 7. The molecule has 0 aliphatic heterocycles. The van der Waals surface area contributed by atoms with Crippen LogP contribution in [0.2, 0.25) is 0 Å². The zero-order valence-electron chi connectivity index (χ0n) is 13.3. The Kier molecular flexibility index (Phi) is 6.10. The number of esters is 1. The molecule has 1 N–H and O–H groups in total. The van der Waals surface area contributed by atoms with E-state index in [1.807, 2.05) is 30.5 Å². The number of thiazole rings is 1. The Morgan fingerprint density at radius 2 is 2.30 bits per heavy atom. The minimum Gasteiger partial charge on any atom is -0.497 e. The van der Waals surface area contributed by atoms with Crippen molar-refractivity contribution >= 4 is 28.7 Å². The molecule has 0 bridgehead atoms. The van der Waals surface area contributed by atoms with Crippen LogP contribution in [-0.4, -0.2) is 30.9 Å². The van der Waals surface area contributed by atoms with Crippen molar-refractivity contribution in [2.75, 3.05) is 19.1 Å². The van der Waals surface area contributed by atoms with Crippen molar-refractivity contribution in [2.24, 2.45) is 5.10 Å². The molecular weight excluding hydrogens is 314 g/mol. The van der Waals surface area contributed by atoms with E-state index in [0.29, 0.717) is 17.4 Å². The first-order valence-corrected chi connectivity index (χ1v) is 8.04. The third-order valence-corrected chi connectivity index (χ3v) is 3.82. The van der Waals surface area contributed by atoms with Gasteiger partial charge in [-0.25, -0.2) is 4.98 Å². The molecule has 0 aliphatic rings. The minimum absolute atomic E-state index is 0.174. The number of hydrogen-bond donors (Lipinski definition) is 1. The van der Waals surface area contributed by atoms with Gasteiger partial charge < -0.3 is 9.47 Å². The zero-order chi connectivity index (χ0) is 16.7. The minimum atomic E-state index is -0.276. The van der Waals surface area contributed by atoms with Crippen molar-refractivity contribution in [3.8, 4) is 5.75 Å². The van der Waals surface area contributed by atoms with Crippen LogP contribution in [0, 0.1) is 6.92 Å². The Labute approximate surface area is 139 Å². The third kappa shape index (κ3) is 5.07. The Morgan fingerprint density at radius 3 is 3.00 bits per heavy atom. The molecule has 0 unspecified atom stereocenters. The summed E-state index contributed by atoms with van der Waals surface area (Å²) in [7, 11) is 1.64. The molecule has 0 aliphatic carbocycles. The van der Waals surface area contributed by atoms with Crippen LogP contribution in [-0.2, 0) is 16.0 Å². The number of hydrazone groups is 1. The van der Waals surface area contributed by atoms with Gasteiger partial charge in [0.1, 0.15) is 5.75 Å². The van der Waals surface area contributed by atoms with Crippen LogP contribution in [0.5, 0.6) is 5.75 Å². The Hall–Kier alpha value is -2.41. The van der Waals surface area contributed by atoms with E-state index in [-0.39, 0.29) is 12.4 Å².